The zero-order valence-corrected chi connectivity index (χ0v) is 19.6. The highest BCUT2D eigenvalue weighted by atomic mass is 16.1. The van der Waals surface area contributed by atoms with Crippen LogP contribution in [0.4, 0.5) is 0 Å². The summed E-state index contributed by atoms with van der Waals surface area (Å²) in [5, 5.41) is 3.04. The van der Waals surface area contributed by atoms with Crippen LogP contribution in [0, 0.1) is 5.92 Å². The van der Waals surface area contributed by atoms with Gasteiger partial charge in [-0.25, -0.2) is 4.98 Å². The molecule has 0 spiro atoms. The number of carbonyl (C=O) groups is 1. The first-order chi connectivity index (χ1) is 16.6. The average molecular weight is 458 g/mol. The minimum atomic E-state index is -0.0823. The minimum Gasteiger partial charge on any atom is -0.352 e. The summed E-state index contributed by atoms with van der Waals surface area (Å²) in [6.45, 7) is 6.75. The van der Waals surface area contributed by atoms with E-state index in [0.29, 0.717) is 29.8 Å². The van der Waals surface area contributed by atoms with Gasteiger partial charge in [-0.1, -0.05) is 19.1 Å². The molecule has 1 aromatic carbocycles. The molecule has 4 aromatic rings. The van der Waals surface area contributed by atoms with E-state index < -0.39 is 0 Å². The Hall–Kier alpha value is -3.45. The van der Waals surface area contributed by atoms with Crippen LogP contribution in [0.2, 0.25) is 0 Å². The molecule has 1 unspecified atom stereocenters. The van der Waals surface area contributed by atoms with Gasteiger partial charge in [0, 0.05) is 31.0 Å². The average Bonchev–Trinajstić information content (AvgIpc) is 3.35. The molecule has 0 bridgehead atoms. The van der Waals surface area contributed by atoms with Crippen LogP contribution in [-0.4, -0.2) is 50.9 Å². The summed E-state index contributed by atoms with van der Waals surface area (Å²) >= 11 is 0. The lowest BCUT2D eigenvalue weighted by Gasteiger charge is -2.30. The molecule has 0 aliphatic carbocycles. The molecule has 7 heteroatoms. The molecule has 1 amide bonds. The summed E-state index contributed by atoms with van der Waals surface area (Å²) in [6.07, 6.45) is 7.14. The van der Waals surface area contributed by atoms with Crippen LogP contribution in [0.1, 0.15) is 42.1 Å². The van der Waals surface area contributed by atoms with Gasteiger partial charge >= 0.3 is 0 Å². The molecule has 3 aromatic heterocycles. The smallest absolute Gasteiger partial charge is 0.276 e. The lowest BCUT2D eigenvalue weighted by atomic mass is 10.0. The number of aromatic nitrogens is 3. The van der Waals surface area contributed by atoms with Crippen molar-refractivity contribution in [2.75, 3.05) is 26.2 Å². The number of hydrogen-bond donors (Lipinski definition) is 1. The molecule has 1 saturated heterocycles. The van der Waals surface area contributed by atoms with Gasteiger partial charge in [0.15, 0.2) is 5.65 Å². The Kier molecular flexibility index (Phi) is 6.45. The third-order valence-corrected chi connectivity index (χ3v) is 6.73. The molecule has 1 fully saturated rings. The van der Waals surface area contributed by atoms with Gasteiger partial charge in [0.05, 0.1) is 12.1 Å². The van der Waals surface area contributed by atoms with Crippen LogP contribution < -0.4 is 10.9 Å². The third-order valence-electron chi connectivity index (χ3n) is 6.73. The van der Waals surface area contributed by atoms with Gasteiger partial charge < -0.3 is 14.6 Å². The Morgan fingerprint density at radius 2 is 1.94 bits per heavy atom. The van der Waals surface area contributed by atoms with Crippen molar-refractivity contribution in [2.24, 2.45) is 5.92 Å². The molecule has 7 nitrogen and oxygen atoms in total. The molecule has 1 N–H and O–H groups in total. The van der Waals surface area contributed by atoms with Gasteiger partial charge in [-0.3, -0.25) is 14.2 Å². The molecule has 34 heavy (non-hydrogen) atoms. The second-order valence-corrected chi connectivity index (χ2v) is 9.36. The first kappa shape index (κ1) is 22.3. The van der Waals surface area contributed by atoms with Crippen molar-refractivity contribution in [1.82, 2.24) is 24.2 Å². The highest BCUT2D eigenvalue weighted by Gasteiger charge is 2.16. The topological polar surface area (TPSA) is 71.6 Å². The first-order valence-corrected chi connectivity index (χ1v) is 12.1. The number of pyridine rings is 1. The first-order valence-electron chi connectivity index (χ1n) is 12.1. The number of piperidine rings is 1. The molecule has 5 rings (SSSR count). The van der Waals surface area contributed by atoms with E-state index in [0.717, 1.165) is 30.0 Å². The summed E-state index contributed by atoms with van der Waals surface area (Å²) in [7, 11) is 0. The fourth-order valence-electron chi connectivity index (χ4n) is 4.97. The van der Waals surface area contributed by atoms with Crippen molar-refractivity contribution in [3.63, 3.8) is 0 Å². The summed E-state index contributed by atoms with van der Waals surface area (Å²) in [5.41, 5.74) is 3.64. The maximum atomic E-state index is 13.1. The number of fused-ring (bicyclic) bond motifs is 3. The Morgan fingerprint density at radius 3 is 2.76 bits per heavy atom. The van der Waals surface area contributed by atoms with Gasteiger partial charge in [-0.2, -0.15) is 0 Å². The van der Waals surface area contributed by atoms with Crippen LogP contribution in [-0.2, 0) is 6.54 Å². The molecule has 1 aliphatic rings. The second-order valence-electron chi connectivity index (χ2n) is 9.36. The molecule has 4 heterocycles. The zero-order valence-electron chi connectivity index (χ0n) is 19.6. The summed E-state index contributed by atoms with van der Waals surface area (Å²) in [6, 6.07) is 15.0. The monoisotopic (exact) mass is 457 g/mol. The van der Waals surface area contributed by atoms with E-state index in [2.05, 4.69) is 22.1 Å². The van der Waals surface area contributed by atoms with Crippen molar-refractivity contribution >= 4 is 22.6 Å². The molecule has 1 aliphatic heterocycles. The van der Waals surface area contributed by atoms with Crippen LogP contribution in [0.15, 0.2) is 65.7 Å². The Balaban J connectivity index is 1.23. The van der Waals surface area contributed by atoms with Gasteiger partial charge in [0.25, 0.3) is 11.5 Å². The van der Waals surface area contributed by atoms with Crippen molar-refractivity contribution in [1.29, 1.82) is 0 Å². The molecule has 0 radical (unpaired) electrons. The normalized spacial score (nSPS) is 16.8. The molecular weight excluding hydrogens is 426 g/mol. The number of amides is 1. The van der Waals surface area contributed by atoms with Crippen LogP contribution in [0.3, 0.4) is 0 Å². The van der Waals surface area contributed by atoms with E-state index >= 15 is 0 Å². The third kappa shape index (κ3) is 4.61. The van der Waals surface area contributed by atoms with Crippen LogP contribution in [0.25, 0.3) is 16.7 Å². The lowest BCUT2D eigenvalue weighted by molar-refractivity contribution is 0.0950. The molecule has 1 atom stereocenters. The number of rotatable bonds is 7. The van der Waals surface area contributed by atoms with Crippen molar-refractivity contribution < 1.29 is 4.79 Å². The predicted molar refractivity (Wildman–Crippen MR) is 134 cm³/mol. The number of carbonyl (C=O) groups excluding carboxylic acids is 1. The van der Waals surface area contributed by atoms with E-state index in [9.17, 15) is 9.59 Å². The van der Waals surface area contributed by atoms with E-state index in [1.165, 1.54) is 25.9 Å². The quantitative estimate of drug-likeness (QED) is 0.431. The SMILES string of the molecule is CC1CCCN(CCCNC(=O)c2ccc(Cn3c(=O)c4cccn4c4cccnc43)cc2)C1. The number of hydrogen-bond acceptors (Lipinski definition) is 4. The largest absolute Gasteiger partial charge is 0.352 e. The van der Waals surface area contributed by atoms with Gasteiger partial charge in [-0.15, -0.1) is 0 Å². The van der Waals surface area contributed by atoms with E-state index in [-0.39, 0.29) is 11.5 Å². The second kappa shape index (κ2) is 9.81. The van der Waals surface area contributed by atoms with Gasteiger partial charge in [0.1, 0.15) is 5.52 Å². The van der Waals surface area contributed by atoms with E-state index in [1.54, 1.807) is 10.8 Å². The highest BCUT2D eigenvalue weighted by molar-refractivity contribution is 5.94. The Morgan fingerprint density at radius 1 is 1.12 bits per heavy atom. The van der Waals surface area contributed by atoms with Crippen LogP contribution in [0.5, 0.6) is 0 Å². The fraction of sp³-hybridized carbons (Fsp3) is 0.370. The Bertz CT molecular complexity index is 1360. The van der Waals surface area contributed by atoms with Crippen LogP contribution >= 0.6 is 0 Å². The number of nitrogens with one attached hydrogen (secondary N) is 1. The maximum Gasteiger partial charge on any atom is 0.276 e. The standard InChI is InChI=1S/C27H31N5O2/c1-20-6-3-15-30(18-20)16-5-14-29-26(33)22-11-9-21(10-12-22)19-32-25-23(7-2-13-28-25)31-17-4-8-24(31)27(32)34/h2,4,7-13,17,20H,3,5-6,14-16,18-19H2,1H3,(H,29,33). The van der Waals surface area contributed by atoms with Crippen molar-refractivity contribution in [2.45, 2.75) is 32.7 Å². The van der Waals surface area contributed by atoms with Crippen molar-refractivity contribution in [3.8, 4) is 0 Å². The van der Waals surface area contributed by atoms with Gasteiger partial charge in [-0.05, 0) is 80.2 Å². The highest BCUT2D eigenvalue weighted by Crippen LogP contribution is 2.16. The Labute approximate surface area is 199 Å². The van der Waals surface area contributed by atoms with E-state index in [4.69, 9.17) is 0 Å². The van der Waals surface area contributed by atoms with Crippen molar-refractivity contribution in [3.05, 3.63) is 82.4 Å². The maximum absolute atomic E-state index is 13.1. The fourth-order valence-corrected chi connectivity index (χ4v) is 4.97. The lowest BCUT2D eigenvalue weighted by Crippen LogP contribution is -2.36. The number of likely N-dealkylation sites (tertiary alicyclic amines) is 1. The zero-order chi connectivity index (χ0) is 23.5. The molecule has 176 valence electrons. The number of nitrogens with zero attached hydrogens (tertiary/aromatic N) is 4. The van der Waals surface area contributed by atoms with E-state index in [1.807, 2.05) is 59.1 Å². The molecular formula is C27H31N5O2. The summed E-state index contributed by atoms with van der Waals surface area (Å²) < 4.78 is 3.57. The molecule has 0 saturated carbocycles. The summed E-state index contributed by atoms with van der Waals surface area (Å²) in [5.74, 6) is 0.717. The number of benzene rings is 1. The minimum absolute atomic E-state index is 0.0579. The summed E-state index contributed by atoms with van der Waals surface area (Å²) in [4.78, 5) is 32.6. The van der Waals surface area contributed by atoms with Gasteiger partial charge in [0.2, 0.25) is 0 Å². The predicted octanol–water partition coefficient (Wildman–Crippen LogP) is 3.55.